The number of nitrogens with one attached hydrogen (secondary N) is 1. The highest BCUT2D eigenvalue weighted by Crippen LogP contribution is 2.20. The van der Waals surface area contributed by atoms with Crippen LogP contribution in [0.15, 0.2) is 101 Å². The predicted molar refractivity (Wildman–Crippen MR) is 218 cm³/mol. The zero-order chi connectivity index (χ0) is 42.7. The lowest BCUT2D eigenvalue weighted by atomic mass is 10.2. The molecule has 6 rings (SSSR count). The van der Waals surface area contributed by atoms with E-state index in [1.165, 1.54) is 12.2 Å². The molecule has 308 valence electrons. The summed E-state index contributed by atoms with van der Waals surface area (Å²) in [5, 5.41) is 38.3. The lowest BCUT2D eigenvalue weighted by Gasteiger charge is -2.19. The summed E-state index contributed by atoms with van der Waals surface area (Å²) in [6.07, 6.45) is 10.3. The molecule has 0 unspecified atom stereocenters. The number of nitro groups is 3. The molecular weight excluding hydrogens is 835 g/mol. The Morgan fingerprint density at radius 2 is 1.10 bits per heavy atom. The molecule has 59 heavy (non-hydrogen) atoms. The van der Waals surface area contributed by atoms with Gasteiger partial charge in [-0.3, -0.25) is 40.3 Å². The highest BCUT2D eigenvalue weighted by atomic mass is 35.5. The number of aliphatic imine (C=N–C) groups is 2. The Bertz CT molecular complexity index is 2010. The summed E-state index contributed by atoms with van der Waals surface area (Å²) in [5.41, 5.74) is 2.19. The Balaban J connectivity index is 0.000000288. The lowest BCUT2D eigenvalue weighted by molar-refractivity contribution is -0.417. The Labute approximate surface area is 352 Å². The van der Waals surface area contributed by atoms with Crippen molar-refractivity contribution in [1.82, 2.24) is 35.0 Å². The third kappa shape index (κ3) is 14.4. The number of amidine groups is 2. The highest BCUT2D eigenvalue weighted by Gasteiger charge is 2.31. The van der Waals surface area contributed by atoms with Gasteiger partial charge < -0.3 is 20.0 Å². The topological polar surface area (TPSA) is 249 Å². The van der Waals surface area contributed by atoms with Crippen LogP contribution in [0.2, 0.25) is 15.5 Å². The minimum absolute atomic E-state index is 0.0443. The molecule has 0 amide bonds. The molecule has 6 heterocycles. The number of pyridine rings is 3. The van der Waals surface area contributed by atoms with E-state index in [0.717, 1.165) is 35.9 Å². The molecule has 1 N–H and O–H groups in total. The van der Waals surface area contributed by atoms with Crippen LogP contribution < -0.4 is 5.32 Å². The van der Waals surface area contributed by atoms with Gasteiger partial charge in [-0.05, 0) is 41.3 Å². The molecule has 20 nitrogen and oxygen atoms in total. The molecule has 3 aromatic rings. The summed E-state index contributed by atoms with van der Waals surface area (Å²) in [6.45, 7) is 4.59. The molecule has 0 aromatic carbocycles. The van der Waals surface area contributed by atoms with Crippen molar-refractivity contribution >= 4 is 59.0 Å². The van der Waals surface area contributed by atoms with Crippen molar-refractivity contribution in [2.24, 2.45) is 9.98 Å². The molecule has 1 fully saturated rings. The van der Waals surface area contributed by atoms with E-state index in [9.17, 15) is 30.3 Å². The lowest BCUT2D eigenvalue weighted by Crippen LogP contribution is -2.31. The zero-order valence-electron chi connectivity index (χ0n) is 31.1. The maximum atomic E-state index is 11.9. The van der Waals surface area contributed by atoms with Crippen molar-refractivity contribution in [2.75, 3.05) is 39.3 Å². The van der Waals surface area contributed by atoms with Gasteiger partial charge in [0.05, 0.1) is 27.9 Å². The number of carbonyl (C=O) groups is 2. The van der Waals surface area contributed by atoms with Crippen molar-refractivity contribution in [2.45, 2.75) is 26.1 Å². The van der Waals surface area contributed by atoms with E-state index in [1.807, 2.05) is 11.0 Å². The molecule has 0 saturated carbocycles. The highest BCUT2D eigenvalue weighted by molar-refractivity contribution is 6.29. The first kappa shape index (κ1) is 45.2. The van der Waals surface area contributed by atoms with Crippen molar-refractivity contribution in [3.05, 3.63) is 159 Å². The number of nitrogens with zero attached hydrogens (tertiary/aromatic N) is 11. The van der Waals surface area contributed by atoms with Crippen LogP contribution in [-0.4, -0.2) is 108 Å². The van der Waals surface area contributed by atoms with Crippen LogP contribution in [0.4, 0.5) is 0 Å². The van der Waals surface area contributed by atoms with Crippen molar-refractivity contribution in [3.8, 4) is 0 Å². The fourth-order valence-electron chi connectivity index (χ4n) is 5.67. The molecule has 0 radical (unpaired) electrons. The van der Waals surface area contributed by atoms with E-state index >= 15 is 0 Å². The molecular formula is C36H36Cl3N12O8+. The Hall–Kier alpha value is -6.51. The van der Waals surface area contributed by atoms with Crippen molar-refractivity contribution in [1.29, 1.82) is 0 Å². The summed E-state index contributed by atoms with van der Waals surface area (Å²) < 4.78 is 0. The van der Waals surface area contributed by atoms with Crippen LogP contribution in [0.25, 0.3) is 0 Å². The first-order chi connectivity index (χ1) is 28.4. The smallest absolute Gasteiger partial charge is 0.307 e. The number of aldehydes is 2. The van der Waals surface area contributed by atoms with Crippen molar-refractivity contribution < 1.29 is 24.4 Å². The molecule has 0 bridgehead atoms. The molecule has 0 atom stereocenters. The van der Waals surface area contributed by atoms with Crippen LogP contribution in [-0.2, 0) is 29.2 Å². The molecule has 0 aliphatic carbocycles. The molecule has 3 aromatic heterocycles. The van der Waals surface area contributed by atoms with E-state index in [2.05, 4.69) is 30.3 Å². The summed E-state index contributed by atoms with van der Waals surface area (Å²) in [4.78, 5) is 77.0. The van der Waals surface area contributed by atoms with Gasteiger partial charge >= 0.3 is 24.0 Å². The van der Waals surface area contributed by atoms with Crippen LogP contribution in [0.5, 0.6) is 0 Å². The number of halogens is 3. The van der Waals surface area contributed by atoms with Gasteiger partial charge in [-0.2, -0.15) is 0 Å². The average molecular weight is 871 g/mol. The van der Waals surface area contributed by atoms with Gasteiger partial charge in [-0.1, -0.05) is 53.0 Å². The monoisotopic (exact) mass is 869 g/mol. The third-order valence-corrected chi connectivity index (χ3v) is 8.91. The molecule has 3 aliphatic heterocycles. The van der Waals surface area contributed by atoms with Gasteiger partial charge in [0.1, 0.15) is 15.5 Å². The first-order valence-corrected chi connectivity index (χ1v) is 18.7. The maximum absolute atomic E-state index is 11.9. The summed E-state index contributed by atoms with van der Waals surface area (Å²) in [5.74, 6) is 0.988. The fourth-order valence-corrected chi connectivity index (χ4v) is 6.01. The second-order valence-electron chi connectivity index (χ2n) is 12.3. The van der Waals surface area contributed by atoms with Gasteiger partial charge in [-0.25, -0.2) is 24.5 Å². The Kier molecular flexibility index (Phi) is 17.6. The van der Waals surface area contributed by atoms with Gasteiger partial charge in [0.15, 0.2) is 5.82 Å². The van der Waals surface area contributed by atoms with E-state index in [1.54, 1.807) is 58.7 Å². The van der Waals surface area contributed by atoms with Gasteiger partial charge in [0.25, 0.3) is 6.20 Å². The minimum Gasteiger partial charge on any atom is -0.365 e. The SMILES string of the molecule is O=C[CH+]C=O.O=[N+]([O-])/C(=C/C/C=C(\C1=NCCN1Cc1ccc(Cl)nc1)[N+](=O)[O-])C1=NCCN1Cc1ccc(Cl)nc1.O=[N+]([O-])/C=C1\NCCN1Cc1ccc(Cl)nc1. The van der Waals surface area contributed by atoms with Crippen LogP contribution in [0, 0.1) is 36.8 Å². The Morgan fingerprint density at radius 1 is 0.678 bits per heavy atom. The number of hydrogen-bond acceptors (Lipinski definition) is 17. The molecule has 1 saturated heterocycles. The van der Waals surface area contributed by atoms with Gasteiger partial charge in [-0.15, -0.1) is 0 Å². The largest absolute Gasteiger partial charge is 0.365 e. The normalized spacial score (nSPS) is 15.6. The van der Waals surface area contributed by atoms with Crippen molar-refractivity contribution in [3.63, 3.8) is 0 Å². The second-order valence-corrected chi connectivity index (χ2v) is 13.4. The quantitative estimate of drug-likeness (QED) is 0.0554. The first-order valence-electron chi connectivity index (χ1n) is 17.5. The van der Waals surface area contributed by atoms with Gasteiger partial charge in [0, 0.05) is 76.6 Å². The zero-order valence-corrected chi connectivity index (χ0v) is 33.3. The minimum atomic E-state index is -0.524. The van der Waals surface area contributed by atoms with Gasteiger partial charge in [0.2, 0.25) is 18.1 Å². The number of aromatic nitrogens is 3. The number of hydrogen-bond donors (Lipinski definition) is 1. The van der Waals surface area contributed by atoms with Crippen LogP contribution >= 0.6 is 34.8 Å². The third-order valence-electron chi connectivity index (χ3n) is 8.24. The standard InChI is InChI=1S/C23H22Cl2N8O4.C10H11ClN4O2.C3H3O2/c24-20-6-4-16(12-28-20)14-30-10-8-26-22(30)18(32(34)35)2-1-3-19(33(36)37)23-27-9-11-31(23)15-17-5-7-21(25)29-13-17;11-9-2-1-8(5-13-9)6-14-4-3-12-10(14)7-15(16)17;4-2-1-3-5/h2-7,12-13H,1,8-11,14-15H2;1-2,5,7,12H,3-4,6H2;1-3H/q;;+1/b18-2+,19-3+;10-7+;. The predicted octanol–water partition coefficient (Wildman–Crippen LogP) is 4.43. The fraction of sp³-hybridized carbons (Fsp3) is 0.278. The number of rotatable bonds is 15. The molecule has 0 spiro atoms. The number of allylic oxidation sites excluding steroid dienone is 2. The summed E-state index contributed by atoms with van der Waals surface area (Å²) >= 11 is 17.4. The van der Waals surface area contributed by atoms with Crippen LogP contribution in [0.3, 0.4) is 0 Å². The molecule has 3 aliphatic rings. The summed E-state index contributed by atoms with van der Waals surface area (Å²) in [6, 6.07) is 10.4. The van der Waals surface area contributed by atoms with E-state index in [-0.39, 0.29) is 29.5 Å². The second kappa shape index (κ2) is 23.0. The van der Waals surface area contributed by atoms with E-state index in [0.29, 0.717) is 86.2 Å². The molecule has 23 heteroatoms. The number of carbonyl (C=O) groups excluding carboxylic acids is 2. The Morgan fingerprint density at radius 3 is 1.44 bits per heavy atom. The van der Waals surface area contributed by atoms with E-state index in [4.69, 9.17) is 44.4 Å². The average Bonchev–Trinajstić information content (AvgIpc) is 3.97. The maximum Gasteiger partial charge on any atom is 0.307 e. The van der Waals surface area contributed by atoms with Crippen LogP contribution in [0.1, 0.15) is 23.1 Å². The summed E-state index contributed by atoms with van der Waals surface area (Å²) in [7, 11) is 0. The van der Waals surface area contributed by atoms with E-state index < -0.39 is 14.8 Å².